The third-order valence-electron chi connectivity index (χ3n) is 3.51. The number of anilines is 1. The van der Waals surface area contributed by atoms with Crippen molar-refractivity contribution in [1.29, 1.82) is 0 Å². The molecule has 0 radical (unpaired) electrons. The third-order valence-corrected chi connectivity index (χ3v) is 4.04. The average Bonchev–Trinajstić information content (AvgIpc) is 2.58. The average molecular weight is 374 g/mol. The first-order chi connectivity index (χ1) is 11.1. The van der Waals surface area contributed by atoms with Crippen LogP contribution in [0.15, 0.2) is 58.1 Å². The highest BCUT2D eigenvalue weighted by Crippen LogP contribution is 2.14. The molecule has 0 aliphatic carbocycles. The monoisotopic (exact) mass is 373 g/mol. The lowest BCUT2D eigenvalue weighted by molar-refractivity contribution is 0.0955. The molecule has 0 aromatic heterocycles. The van der Waals surface area contributed by atoms with Crippen molar-refractivity contribution in [1.82, 2.24) is 5.43 Å². The van der Waals surface area contributed by atoms with E-state index in [1.54, 1.807) is 18.3 Å². The Kier molecular flexibility index (Phi) is 6.35. The number of carbonyl (C=O) groups excluding carboxylic acids is 1. The van der Waals surface area contributed by atoms with Gasteiger partial charge >= 0.3 is 0 Å². The molecule has 0 heterocycles. The molecule has 5 heteroatoms. The zero-order chi connectivity index (χ0) is 16.7. The molecule has 2 aromatic carbocycles. The maximum Gasteiger partial charge on any atom is 0.271 e. The van der Waals surface area contributed by atoms with Crippen LogP contribution in [0.3, 0.4) is 0 Å². The van der Waals surface area contributed by atoms with Gasteiger partial charge in [-0.3, -0.25) is 4.79 Å². The van der Waals surface area contributed by atoms with E-state index in [4.69, 9.17) is 0 Å². The molecule has 0 aliphatic heterocycles. The van der Waals surface area contributed by atoms with Gasteiger partial charge in [0.2, 0.25) is 0 Å². The Labute approximate surface area is 145 Å². The van der Waals surface area contributed by atoms with Crippen molar-refractivity contribution in [2.45, 2.75) is 13.8 Å². The van der Waals surface area contributed by atoms with Crippen LogP contribution < -0.4 is 10.3 Å². The Morgan fingerprint density at radius 1 is 1.09 bits per heavy atom. The van der Waals surface area contributed by atoms with Crippen LogP contribution in [-0.2, 0) is 0 Å². The molecule has 2 rings (SSSR count). The van der Waals surface area contributed by atoms with Crippen LogP contribution in [-0.4, -0.2) is 25.2 Å². The summed E-state index contributed by atoms with van der Waals surface area (Å²) in [4.78, 5) is 14.2. The molecule has 0 atom stereocenters. The van der Waals surface area contributed by atoms with Crippen molar-refractivity contribution in [3.8, 4) is 0 Å². The van der Waals surface area contributed by atoms with E-state index in [1.165, 1.54) is 5.69 Å². The number of rotatable bonds is 6. The van der Waals surface area contributed by atoms with Gasteiger partial charge in [-0.25, -0.2) is 5.43 Å². The van der Waals surface area contributed by atoms with Crippen LogP contribution in [0.2, 0.25) is 0 Å². The molecule has 0 saturated carbocycles. The first-order valence-electron chi connectivity index (χ1n) is 7.58. The fourth-order valence-electron chi connectivity index (χ4n) is 2.19. The summed E-state index contributed by atoms with van der Waals surface area (Å²) in [5, 5.41) is 4.01. The predicted molar refractivity (Wildman–Crippen MR) is 99.2 cm³/mol. The summed E-state index contributed by atoms with van der Waals surface area (Å²) in [6.07, 6.45) is 1.64. The van der Waals surface area contributed by atoms with Gasteiger partial charge in [0, 0.05) is 28.8 Å². The normalized spacial score (nSPS) is 10.7. The maximum absolute atomic E-state index is 11.9. The highest BCUT2D eigenvalue weighted by molar-refractivity contribution is 9.10. The molecule has 120 valence electrons. The first kappa shape index (κ1) is 17.2. The number of hydrazone groups is 1. The third kappa shape index (κ3) is 4.93. The zero-order valence-electron chi connectivity index (χ0n) is 13.3. The molecule has 2 aromatic rings. The van der Waals surface area contributed by atoms with Gasteiger partial charge in [-0.05, 0) is 55.8 Å². The molecular formula is C18H20BrN3O. The number of hydrogen-bond acceptors (Lipinski definition) is 3. The summed E-state index contributed by atoms with van der Waals surface area (Å²) in [5.41, 5.74) is 5.23. The number of halogens is 1. The number of benzene rings is 2. The quantitative estimate of drug-likeness (QED) is 0.612. The van der Waals surface area contributed by atoms with Crippen LogP contribution in [0.1, 0.15) is 29.8 Å². The molecule has 1 amide bonds. The van der Waals surface area contributed by atoms with Crippen molar-refractivity contribution < 1.29 is 4.79 Å². The van der Waals surface area contributed by atoms with E-state index in [0.29, 0.717) is 5.56 Å². The van der Waals surface area contributed by atoms with E-state index in [0.717, 1.165) is 23.1 Å². The summed E-state index contributed by atoms with van der Waals surface area (Å²) in [6, 6.07) is 15.2. The van der Waals surface area contributed by atoms with Crippen LogP contribution in [0.25, 0.3) is 0 Å². The summed E-state index contributed by atoms with van der Waals surface area (Å²) in [7, 11) is 0. The second-order valence-corrected chi connectivity index (χ2v) is 5.89. The molecule has 0 unspecified atom stereocenters. The van der Waals surface area contributed by atoms with Gasteiger partial charge in [0.25, 0.3) is 5.91 Å². The zero-order valence-corrected chi connectivity index (χ0v) is 14.9. The molecule has 4 nitrogen and oxygen atoms in total. The molecule has 23 heavy (non-hydrogen) atoms. The van der Waals surface area contributed by atoms with E-state index in [9.17, 15) is 4.79 Å². The SMILES string of the molecule is CCN(CC)c1ccc(/C=N\NC(=O)c2ccc(Br)cc2)cc1. The van der Waals surface area contributed by atoms with Gasteiger partial charge in [-0.1, -0.05) is 28.1 Å². The summed E-state index contributed by atoms with van der Waals surface area (Å²) >= 11 is 3.34. The molecular weight excluding hydrogens is 354 g/mol. The minimum Gasteiger partial charge on any atom is -0.372 e. The molecule has 0 spiro atoms. The first-order valence-corrected chi connectivity index (χ1v) is 8.37. The van der Waals surface area contributed by atoms with Crippen LogP contribution in [0.4, 0.5) is 5.69 Å². The highest BCUT2D eigenvalue weighted by atomic mass is 79.9. The second kappa shape index (κ2) is 8.48. The van der Waals surface area contributed by atoms with Crippen molar-refractivity contribution >= 4 is 33.7 Å². The lowest BCUT2D eigenvalue weighted by Crippen LogP contribution is -2.21. The topological polar surface area (TPSA) is 44.7 Å². The van der Waals surface area contributed by atoms with Crippen molar-refractivity contribution in [2.24, 2.45) is 5.10 Å². The standard InChI is InChI=1S/C18H20BrN3O/c1-3-22(4-2)17-11-5-14(6-12-17)13-20-21-18(23)15-7-9-16(19)10-8-15/h5-13H,3-4H2,1-2H3,(H,21,23)/b20-13-. The van der Waals surface area contributed by atoms with Crippen LogP contribution in [0, 0.1) is 0 Å². The second-order valence-electron chi connectivity index (χ2n) is 4.97. The van der Waals surface area contributed by atoms with E-state index >= 15 is 0 Å². The lowest BCUT2D eigenvalue weighted by Gasteiger charge is -2.20. The minimum atomic E-state index is -0.228. The van der Waals surface area contributed by atoms with Gasteiger partial charge < -0.3 is 4.90 Å². The Morgan fingerprint density at radius 3 is 2.26 bits per heavy atom. The van der Waals surface area contributed by atoms with E-state index < -0.39 is 0 Å². The Balaban J connectivity index is 1.95. The summed E-state index contributed by atoms with van der Waals surface area (Å²) in [5.74, 6) is -0.228. The van der Waals surface area contributed by atoms with E-state index in [-0.39, 0.29) is 5.91 Å². The van der Waals surface area contributed by atoms with E-state index in [2.05, 4.69) is 57.3 Å². The number of amides is 1. The summed E-state index contributed by atoms with van der Waals surface area (Å²) < 4.78 is 0.936. The van der Waals surface area contributed by atoms with E-state index in [1.807, 2.05) is 24.3 Å². The molecule has 0 saturated heterocycles. The van der Waals surface area contributed by atoms with Crippen molar-refractivity contribution in [3.05, 3.63) is 64.1 Å². The molecule has 1 N–H and O–H groups in total. The van der Waals surface area contributed by atoms with Crippen LogP contribution >= 0.6 is 15.9 Å². The molecule has 0 fully saturated rings. The number of nitrogens with zero attached hydrogens (tertiary/aromatic N) is 2. The van der Waals surface area contributed by atoms with Gasteiger partial charge in [-0.15, -0.1) is 0 Å². The molecule has 0 bridgehead atoms. The molecule has 0 aliphatic rings. The van der Waals surface area contributed by atoms with Crippen molar-refractivity contribution in [3.63, 3.8) is 0 Å². The summed E-state index contributed by atoms with van der Waals surface area (Å²) in [6.45, 7) is 6.23. The van der Waals surface area contributed by atoms with Crippen LogP contribution in [0.5, 0.6) is 0 Å². The smallest absolute Gasteiger partial charge is 0.271 e. The fraction of sp³-hybridized carbons (Fsp3) is 0.222. The van der Waals surface area contributed by atoms with Gasteiger partial charge in [-0.2, -0.15) is 5.10 Å². The largest absolute Gasteiger partial charge is 0.372 e. The number of carbonyl (C=O) groups is 1. The van der Waals surface area contributed by atoms with Gasteiger partial charge in [0.05, 0.1) is 6.21 Å². The van der Waals surface area contributed by atoms with Gasteiger partial charge in [0.1, 0.15) is 0 Å². The highest BCUT2D eigenvalue weighted by Gasteiger charge is 2.03. The Morgan fingerprint density at radius 2 is 1.70 bits per heavy atom. The van der Waals surface area contributed by atoms with Gasteiger partial charge in [0.15, 0.2) is 0 Å². The predicted octanol–water partition coefficient (Wildman–Crippen LogP) is 4.06. The minimum absolute atomic E-state index is 0.228. The Hall–Kier alpha value is -2.14. The Bertz CT molecular complexity index is 662. The number of hydrogen-bond donors (Lipinski definition) is 1. The maximum atomic E-state index is 11.9. The number of nitrogens with one attached hydrogen (secondary N) is 1. The fourth-order valence-corrected chi connectivity index (χ4v) is 2.46. The van der Waals surface area contributed by atoms with Crippen molar-refractivity contribution in [2.75, 3.05) is 18.0 Å². The lowest BCUT2D eigenvalue weighted by atomic mass is 10.2.